The third-order valence-electron chi connectivity index (χ3n) is 4.86. The first-order valence-electron chi connectivity index (χ1n) is 9.61. The molecule has 2 N–H and O–H groups in total. The molecule has 2 amide bonds. The predicted octanol–water partition coefficient (Wildman–Crippen LogP) is 2.71. The fraction of sp³-hybridized carbons (Fsp3) is 0.333. The molecule has 1 aliphatic heterocycles. The molecule has 2 aromatic rings. The monoisotopic (exact) mass is 428 g/mol. The van der Waals surface area contributed by atoms with Gasteiger partial charge in [0, 0.05) is 42.3 Å². The third-order valence-corrected chi connectivity index (χ3v) is 5.98. The summed E-state index contributed by atoms with van der Waals surface area (Å²) in [4.78, 5) is 42.2. The second-order valence-corrected chi connectivity index (χ2v) is 8.17. The number of benzene rings is 1. The topological polar surface area (TPSA) is 108 Å². The molecule has 158 valence electrons. The highest BCUT2D eigenvalue weighted by Crippen LogP contribution is 2.32. The maximum atomic E-state index is 12.6. The SMILES string of the molecule is C=CCOC(=O)N1CC(SC(=O)c2ccccc2)CC1CCn1ccnc1C(N)=O. The quantitative estimate of drug-likeness (QED) is 0.648. The van der Waals surface area contributed by atoms with Crippen molar-refractivity contribution in [2.45, 2.75) is 30.7 Å². The van der Waals surface area contributed by atoms with E-state index in [0.717, 1.165) is 0 Å². The summed E-state index contributed by atoms with van der Waals surface area (Å²) in [6.45, 7) is 4.57. The number of hydrogen-bond donors (Lipinski definition) is 1. The Morgan fingerprint density at radius 2 is 2.07 bits per heavy atom. The van der Waals surface area contributed by atoms with Crippen LogP contribution in [-0.2, 0) is 11.3 Å². The first-order chi connectivity index (χ1) is 14.5. The van der Waals surface area contributed by atoms with Gasteiger partial charge in [-0.1, -0.05) is 54.7 Å². The first kappa shape index (κ1) is 21.6. The Hall–Kier alpha value is -3.07. The Morgan fingerprint density at radius 3 is 2.77 bits per heavy atom. The van der Waals surface area contributed by atoms with Crippen LogP contribution >= 0.6 is 11.8 Å². The van der Waals surface area contributed by atoms with E-state index in [4.69, 9.17) is 10.5 Å². The van der Waals surface area contributed by atoms with E-state index in [-0.39, 0.29) is 28.8 Å². The van der Waals surface area contributed by atoms with Crippen LogP contribution in [0.3, 0.4) is 0 Å². The normalized spacial score (nSPS) is 18.2. The van der Waals surface area contributed by atoms with E-state index >= 15 is 0 Å². The van der Waals surface area contributed by atoms with Gasteiger partial charge in [-0.05, 0) is 12.8 Å². The summed E-state index contributed by atoms with van der Waals surface area (Å²) in [6.07, 6.45) is 5.50. The highest BCUT2D eigenvalue weighted by Gasteiger charge is 2.37. The highest BCUT2D eigenvalue weighted by atomic mass is 32.2. The molecule has 0 aliphatic carbocycles. The molecule has 9 heteroatoms. The second kappa shape index (κ2) is 10.1. The van der Waals surface area contributed by atoms with Gasteiger partial charge in [0.05, 0.1) is 0 Å². The summed E-state index contributed by atoms with van der Waals surface area (Å²) in [7, 11) is 0. The number of carbonyl (C=O) groups is 3. The molecule has 2 atom stereocenters. The summed E-state index contributed by atoms with van der Waals surface area (Å²) in [5.41, 5.74) is 5.98. The number of aryl methyl sites for hydroxylation is 1. The van der Waals surface area contributed by atoms with Gasteiger partial charge in [-0.15, -0.1) is 0 Å². The lowest BCUT2D eigenvalue weighted by atomic mass is 10.1. The van der Waals surface area contributed by atoms with Gasteiger partial charge < -0.3 is 19.9 Å². The van der Waals surface area contributed by atoms with Crippen molar-refractivity contribution in [2.24, 2.45) is 5.73 Å². The fourth-order valence-corrected chi connectivity index (χ4v) is 4.59. The third kappa shape index (κ3) is 5.29. The van der Waals surface area contributed by atoms with Gasteiger partial charge >= 0.3 is 6.09 Å². The zero-order valence-corrected chi connectivity index (χ0v) is 17.3. The van der Waals surface area contributed by atoms with Crippen LogP contribution in [-0.4, -0.2) is 56.0 Å². The van der Waals surface area contributed by atoms with Crippen LogP contribution in [0.4, 0.5) is 4.79 Å². The van der Waals surface area contributed by atoms with Gasteiger partial charge in [-0.25, -0.2) is 9.78 Å². The lowest BCUT2D eigenvalue weighted by molar-refractivity contribution is 0.0978. The number of rotatable bonds is 8. The van der Waals surface area contributed by atoms with Crippen molar-refractivity contribution in [3.8, 4) is 0 Å². The highest BCUT2D eigenvalue weighted by molar-refractivity contribution is 8.14. The van der Waals surface area contributed by atoms with E-state index in [0.29, 0.717) is 31.5 Å². The summed E-state index contributed by atoms with van der Waals surface area (Å²) >= 11 is 1.24. The Kier molecular flexibility index (Phi) is 7.29. The molecule has 1 aliphatic rings. The maximum Gasteiger partial charge on any atom is 0.410 e. The summed E-state index contributed by atoms with van der Waals surface area (Å²) in [5, 5.41) is -0.0660. The molecule has 1 fully saturated rings. The van der Waals surface area contributed by atoms with Crippen molar-refractivity contribution < 1.29 is 19.1 Å². The van der Waals surface area contributed by atoms with Crippen molar-refractivity contribution in [3.05, 3.63) is 66.8 Å². The van der Waals surface area contributed by atoms with E-state index in [9.17, 15) is 14.4 Å². The maximum absolute atomic E-state index is 12.6. The zero-order valence-electron chi connectivity index (χ0n) is 16.5. The Balaban J connectivity index is 1.67. The number of ether oxygens (including phenoxy) is 1. The largest absolute Gasteiger partial charge is 0.445 e. The van der Waals surface area contributed by atoms with Gasteiger partial charge in [0.15, 0.2) is 5.82 Å². The van der Waals surface area contributed by atoms with Crippen LogP contribution in [0.15, 0.2) is 55.4 Å². The molecule has 0 spiro atoms. The summed E-state index contributed by atoms with van der Waals surface area (Å²) in [6, 6.07) is 8.94. The van der Waals surface area contributed by atoms with Crippen LogP contribution in [0, 0.1) is 0 Å². The molecular weight excluding hydrogens is 404 g/mol. The molecule has 1 aromatic heterocycles. The smallest absolute Gasteiger partial charge is 0.410 e. The van der Waals surface area contributed by atoms with Gasteiger partial charge in [0.2, 0.25) is 5.12 Å². The average Bonchev–Trinajstić information content (AvgIpc) is 3.38. The molecule has 0 bridgehead atoms. The molecule has 8 nitrogen and oxygen atoms in total. The zero-order chi connectivity index (χ0) is 21.5. The second-order valence-electron chi connectivity index (χ2n) is 6.90. The number of imidazole rings is 1. The minimum atomic E-state index is -0.601. The molecule has 2 heterocycles. The number of carbonyl (C=O) groups excluding carboxylic acids is 3. The Morgan fingerprint density at radius 1 is 1.30 bits per heavy atom. The van der Waals surface area contributed by atoms with Gasteiger partial charge in [-0.2, -0.15) is 0 Å². The number of likely N-dealkylation sites (tertiary alicyclic amines) is 1. The van der Waals surface area contributed by atoms with Gasteiger partial charge in [-0.3, -0.25) is 9.59 Å². The summed E-state index contributed by atoms with van der Waals surface area (Å²) < 4.78 is 6.90. The van der Waals surface area contributed by atoms with Crippen molar-refractivity contribution in [1.82, 2.24) is 14.5 Å². The molecule has 1 saturated heterocycles. The number of thioether (sulfide) groups is 1. The van der Waals surface area contributed by atoms with E-state index in [1.165, 1.54) is 24.0 Å². The number of nitrogens with two attached hydrogens (primary N) is 1. The molecular formula is C21H24N4O4S. The van der Waals surface area contributed by atoms with E-state index in [1.807, 2.05) is 18.2 Å². The van der Waals surface area contributed by atoms with Crippen molar-refractivity contribution in [2.75, 3.05) is 13.2 Å². The summed E-state index contributed by atoms with van der Waals surface area (Å²) in [5.74, 6) is -0.422. The predicted molar refractivity (Wildman–Crippen MR) is 114 cm³/mol. The first-order valence-corrected chi connectivity index (χ1v) is 10.5. The standard InChI is InChI=1S/C21H24N4O4S/c1-2-12-29-21(28)25-14-17(30-20(27)15-6-4-3-5-7-15)13-16(25)8-10-24-11-9-23-19(24)18(22)26/h2-7,9,11,16-17H,1,8,10,12-14H2,(H2,22,26). The number of amides is 2. The number of aromatic nitrogens is 2. The molecule has 0 saturated carbocycles. The minimum absolute atomic E-state index is 0.0220. The van der Waals surface area contributed by atoms with E-state index in [1.54, 1.807) is 27.8 Å². The number of nitrogens with zero attached hydrogens (tertiary/aromatic N) is 3. The van der Waals surface area contributed by atoms with E-state index < -0.39 is 12.0 Å². The average molecular weight is 429 g/mol. The molecule has 1 aromatic carbocycles. The van der Waals surface area contributed by atoms with Crippen molar-refractivity contribution in [3.63, 3.8) is 0 Å². The number of hydrogen-bond acceptors (Lipinski definition) is 6. The molecule has 0 radical (unpaired) electrons. The number of primary amides is 1. The molecule has 2 unspecified atom stereocenters. The molecule has 30 heavy (non-hydrogen) atoms. The van der Waals surface area contributed by atoms with Crippen LogP contribution < -0.4 is 5.73 Å². The lowest BCUT2D eigenvalue weighted by Gasteiger charge is -2.24. The molecule has 3 rings (SSSR count). The lowest BCUT2D eigenvalue weighted by Crippen LogP contribution is -2.37. The van der Waals surface area contributed by atoms with Crippen molar-refractivity contribution >= 4 is 28.9 Å². The van der Waals surface area contributed by atoms with Crippen molar-refractivity contribution in [1.29, 1.82) is 0 Å². The Bertz CT molecular complexity index is 915. The van der Waals surface area contributed by atoms with Gasteiger partial charge in [0.1, 0.15) is 6.61 Å². The fourth-order valence-electron chi connectivity index (χ4n) is 3.47. The van der Waals surface area contributed by atoms with Crippen LogP contribution in [0.2, 0.25) is 0 Å². The van der Waals surface area contributed by atoms with E-state index in [2.05, 4.69) is 11.6 Å². The van der Waals surface area contributed by atoms with Gasteiger partial charge in [0.25, 0.3) is 5.91 Å². The van der Waals surface area contributed by atoms with Crippen LogP contribution in [0.1, 0.15) is 33.8 Å². The Labute approximate surface area is 179 Å². The van der Waals surface area contributed by atoms with Crippen LogP contribution in [0.5, 0.6) is 0 Å². The minimum Gasteiger partial charge on any atom is -0.445 e. The van der Waals surface area contributed by atoms with Crippen LogP contribution in [0.25, 0.3) is 0 Å².